The van der Waals surface area contributed by atoms with Gasteiger partial charge in [-0.25, -0.2) is 4.79 Å². The maximum atomic E-state index is 11.2. The zero-order valence-electron chi connectivity index (χ0n) is 10.6. The second kappa shape index (κ2) is 5.91. The molecule has 0 aliphatic carbocycles. The Balaban J connectivity index is 3.00. The Morgan fingerprint density at radius 2 is 2.24 bits per heavy atom. The molecule has 1 heterocycles. The lowest BCUT2D eigenvalue weighted by molar-refractivity contribution is 0.0696. The maximum absolute atomic E-state index is 11.2. The van der Waals surface area contributed by atoms with Gasteiger partial charge in [0.25, 0.3) is 0 Å². The zero-order valence-corrected chi connectivity index (χ0v) is 11.4. The summed E-state index contributed by atoms with van der Waals surface area (Å²) in [7, 11) is 0. The molecular formula is C12H18N2O2S. The van der Waals surface area contributed by atoms with Gasteiger partial charge in [0, 0.05) is 17.5 Å². The van der Waals surface area contributed by atoms with Crippen LogP contribution in [0.25, 0.3) is 0 Å². The highest BCUT2D eigenvalue weighted by Crippen LogP contribution is 2.20. The van der Waals surface area contributed by atoms with Crippen molar-refractivity contribution in [3.8, 4) is 0 Å². The van der Waals surface area contributed by atoms with Gasteiger partial charge < -0.3 is 10.4 Å². The second-order valence-electron chi connectivity index (χ2n) is 4.00. The van der Waals surface area contributed by atoms with Crippen LogP contribution in [0.5, 0.6) is 0 Å². The molecule has 0 aliphatic heterocycles. The molecule has 0 spiro atoms. The molecule has 0 radical (unpaired) electrons. The predicted octanol–water partition coefficient (Wildman–Crippen LogP) is 2.56. The lowest BCUT2D eigenvalue weighted by atomic mass is 10.1. The number of hydrogen-bond acceptors (Lipinski definition) is 4. The van der Waals surface area contributed by atoms with Crippen LogP contribution in [0.1, 0.15) is 28.7 Å². The van der Waals surface area contributed by atoms with Gasteiger partial charge in [-0.2, -0.15) is 11.8 Å². The van der Waals surface area contributed by atoms with Crippen LogP contribution in [0.2, 0.25) is 0 Å². The largest absolute Gasteiger partial charge is 0.478 e. The molecule has 5 heteroatoms. The van der Waals surface area contributed by atoms with Crippen LogP contribution in [0.3, 0.4) is 0 Å². The zero-order chi connectivity index (χ0) is 13.0. The highest BCUT2D eigenvalue weighted by Gasteiger charge is 2.15. The average molecular weight is 254 g/mol. The van der Waals surface area contributed by atoms with Crippen LogP contribution >= 0.6 is 11.8 Å². The summed E-state index contributed by atoms with van der Waals surface area (Å²) in [6.45, 7) is 6.42. The molecule has 1 rings (SSSR count). The van der Waals surface area contributed by atoms with Gasteiger partial charge in [0.1, 0.15) is 5.56 Å². The number of anilines is 1. The quantitative estimate of drug-likeness (QED) is 0.845. The van der Waals surface area contributed by atoms with E-state index in [1.54, 1.807) is 24.8 Å². The van der Waals surface area contributed by atoms with E-state index in [4.69, 9.17) is 0 Å². The third kappa shape index (κ3) is 3.63. The maximum Gasteiger partial charge on any atom is 0.339 e. The van der Waals surface area contributed by atoms with E-state index < -0.39 is 5.97 Å². The number of carboxylic acid groups (broad SMARTS) is 1. The molecular weight excluding hydrogens is 236 g/mol. The lowest BCUT2D eigenvalue weighted by Gasteiger charge is -2.15. The average Bonchev–Trinajstić information content (AvgIpc) is 2.24. The Bertz CT molecular complexity index is 421. The van der Waals surface area contributed by atoms with Crippen molar-refractivity contribution in [1.82, 2.24) is 4.98 Å². The highest BCUT2D eigenvalue weighted by molar-refractivity contribution is 7.99. The van der Waals surface area contributed by atoms with Crippen molar-refractivity contribution in [2.45, 2.75) is 26.0 Å². The predicted molar refractivity (Wildman–Crippen MR) is 72.1 cm³/mol. The Kier molecular flexibility index (Phi) is 4.81. The first kappa shape index (κ1) is 13.8. The number of hydrogen-bond donors (Lipinski definition) is 2. The van der Waals surface area contributed by atoms with Gasteiger partial charge in [-0.1, -0.05) is 6.92 Å². The molecule has 1 unspecified atom stereocenters. The molecule has 4 nitrogen and oxygen atoms in total. The van der Waals surface area contributed by atoms with Crippen molar-refractivity contribution < 1.29 is 9.90 Å². The van der Waals surface area contributed by atoms with Crippen LogP contribution in [0.15, 0.2) is 6.07 Å². The number of rotatable bonds is 5. The SMILES string of the molecule is CSC(C)CNc1cc(C)nc(C)c1C(=O)O. The number of pyridine rings is 1. The van der Waals surface area contributed by atoms with E-state index in [0.29, 0.717) is 16.6 Å². The number of aromatic nitrogens is 1. The number of nitrogens with one attached hydrogen (secondary N) is 1. The summed E-state index contributed by atoms with van der Waals surface area (Å²) in [6, 6.07) is 1.78. The molecule has 1 atom stereocenters. The number of aromatic carboxylic acids is 1. The summed E-state index contributed by atoms with van der Waals surface area (Å²) in [5.41, 5.74) is 2.30. The van der Waals surface area contributed by atoms with E-state index in [2.05, 4.69) is 17.2 Å². The molecule has 0 saturated carbocycles. The van der Waals surface area contributed by atoms with E-state index >= 15 is 0 Å². The molecule has 17 heavy (non-hydrogen) atoms. The Hall–Kier alpha value is -1.23. The minimum absolute atomic E-state index is 0.268. The summed E-state index contributed by atoms with van der Waals surface area (Å²) in [5.74, 6) is -0.936. The number of nitrogens with zero attached hydrogens (tertiary/aromatic N) is 1. The van der Waals surface area contributed by atoms with E-state index in [0.717, 1.165) is 12.2 Å². The van der Waals surface area contributed by atoms with E-state index in [9.17, 15) is 9.90 Å². The third-order valence-electron chi connectivity index (χ3n) is 2.52. The summed E-state index contributed by atoms with van der Waals surface area (Å²) in [6.07, 6.45) is 2.04. The van der Waals surface area contributed by atoms with E-state index in [1.807, 2.05) is 13.2 Å². The van der Waals surface area contributed by atoms with Gasteiger partial charge in [0.2, 0.25) is 0 Å². The fourth-order valence-corrected chi connectivity index (χ4v) is 1.83. The molecule has 0 bridgehead atoms. The first-order chi connectivity index (χ1) is 7.95. The molecule has 0 aliphatic rings. The molecule has 1 aromatic rings. The summed E-state index contributed by atoms with van der Waals surface area (Å²) in [4.78, 5) is 15.4. The molecule has 0 saturated heterocycles. The summed E-state index contributed by atoms with van der Waals surface area (Å²) >= 11 is 1.74. The van der Waals surface area contributed by atoms with Crippen LogP contribution in [0.4, 0.5) is 5.69 Å². The van der Waals surface area contributed by atoms with Crippen molar-refractivity contribution in [2.75, 3.05) is 18.1 Å². The fraction of sp³-hybridized carbons (Fsp3) is 0.500. The molecule has 94 valence electrons. The van der Waals surface area contributed by atoms with Crippen molar-refractivity contribution in [3.05, 3.63) is 23.0 Å². The van der Waals surface area contributed by atoms with Crippen LogP contribution in [-0.2, 0) is 0 Å². The van der Waals surface area contributed by atoms with Crippen LogP contribution in [0, 0.1) is 13.8 Å². The molecule has 0 amide bonds. The van der Waals surface area contributed by atoms with Gasteiger partial charge in [0.05, 0.1) is 11.4 Å². The fourth-order valence-electron chi connectivity index (χ4n) is 1.58. The van der Waals surface area contributed by atoms with Gasteiger partial charge >= 0.3 is 5.97 Å². The monoisotopic (exact) mass is 254 g/mol. The van der Waals surface area contributed by atoms with Gasteiger partial charge in [0.15, 0.2) is 0 Å². The highest BCUT2D eigenvalue weighted by atomic mass is 32.2. The van der Waals surface area contributed by atoms with Crippen LogP contribution < -0.4 is 5.32 Å². The Labute approximate surface area is 106 Å². The van der Waals surface area contributed by atoms with Crippen molar-refractivity contribution in [2.24, 2.45) is 0 Å². The van der Waals surface area contributed by atoms with E-state index in [1.165, 1.54) is 0 Å². The van der Waals surface area contributed by atoms with E-state index in [-0.39, 0.29) is 5.56 Å². The lowest BCUT2D eigenvalue weighted by Crippen LogP contribution is -2.16. The number of thioether (sulfide) groups is 1. The molecule has 2 N–H and O–H groups in total. The van der Waals surface area contributed by atoms with Gasteiger partial charge in [-0.3, -0.25) is 4.98 Å². The molecule has 0 fully saturated rings. The third-order valence-corrected chi connectivity index (χ3v) is 3.50. The van der Waals surface area contributed by atoms with Crippen molar-refractivity contribution >= 4 is 23.4 Å². The Morgan fingerprint density at radius 3 is 2.76 bits per heavy atom. The first-order valence-electron chi connectivity index (χ1n) is 5.44. The first-order valence-corrected chi connectivity index (χ1v) is 6.72. The van der Waals surface area contributed by atoms with Crippen LogP contribution in [-0.4, -0.2) is 34.1 Å². The normalized spacial score (nSPS) is 12.2. The standard InChI is InChI=1S/C12H18N2O2S/c1-7-5-10(13-6-8(2)17-4)11(12(15)16)9(3)14-7/h5,8H,6H2,1-4H3,(H,13,14)(H,15,16). The van der Waals surface area contributed by atoms with Crippen molar-refractivity contribution in [1.29, 1.82) is 0 Å². The number of aryl methyl sites for hydroxylation is 2. The minimum Gasteiger partial charge on any atom is -0.478 e. The smallest absolute Gasteiger partial charge is 0.339 e. The molecule has 0 aromatic carbocycles. The summed E-state index contributed by atoms with van der Waals surface area (Å²) < 4.78 is 0. The molecule has 1 aromatic heterocycles. The van der Waals surface area contributed by atoms with Crippen molar-refractivity contribution in [3.63, 3.8) is 0 Å². The second-order valence-corrected chi connectivity index (χ2v) is 5.28. The van der Waals surface area contributed by atoms with Gasteiger partial charge in [-0.05, 0) is 26.2 Å². The minimum atomic E-state index is -0.936. The number of carbonyl (C=O) groups is 1. The van der Waals surface area contributed by atoms with Gasteiger partial charge in [-0.15, -0.1) is 0 Å². The Morgan fingerprint density at radius 1 is 1.59 bits per heavy atom. The number of carboxylic acids is 1. The summed E-state index contributed by atoms with van der Waals surface area (Å²) in [5, 5.41) is 12.8. The topological polar surface area (TPSA) is 62.2 Å².